The van der Waals surface area contributed by atoms with Crippen molar-refractivity contribution in [3.05, 3.63) is 46.5 Å². The Morgan fingerprint density at radius 1 is 1.11 bits per heavy atom. The van der Waals surface area contributed by atoms with Gasteiger partial charge in [0.15, 0.2) is 0 Å². The van der Waals surface area contributed by atoms with Crippen LogP contribution in [0.1, 0.15) is 20.8 Å². The summed E-state index contributed by atoms with van der Waals surface area (Å²) in [5.74, 6) is 0. The fraction of sp³-hybridized carbons (Fsp3) is 0.286. The minimum Gasteiger partial charge on any atom is -0.375 e. The number of hydrogen-bond donors (Lipinski definition) is 1. The van der Waals surface area contributed by atoms with Crippen LogP contribution in [-0.4, -0.2) is 10.5 Å². The van der Waals surface area contributed by atoms with Gasteiger partial charge in [-0.1, -0.05) is 24.3 Å². The highest BCUT2D eigenvalue weighted by Gasteiger charge is 2.21. The minimum absolute atomic E-state index is 0.142. The first kappa shape index (κ1) is 12.4. The van der Waals surface area contributed by atoms with Gasteiger partial charge in [-0.25, -0.2) is 0 Å². The Bertz CT molecular complexity index is 600. The molecular weight excluding hydrogens is 228 g/mol. The maximum absolute atomic E-state index is 11.3. The third-order valence-corrected chi connectivity index (χ3v) is 2.59. The van der Waals surface area contributed by atoms with Gasteiger partial charge in [-0.15, -0.1) is 0 Å². The molecule has 2 aromatic carbocycles. The summed E-state index contributed by atoms with van der Waals surface area (Å²) in [6.07, 6.45) is 0. The van der Waals surface area contributed by atoms with Crippen LogP contribution < -0.4 is 5.32 Å². The van der Waals surface area contributed by atoms with Crippen molar-refractivity contribution < 1.29 is 4.92 Å². The molecule has 0 amide bonds. The standard InChI is InChI=1S/C14H16N2O2/c1-14(2,3)15-12-9-8-10-6-4-5-7-11(10)13(12)16(17)18/h4-9,15H,1-3H3. The third kappa shape index (κ3) is 2.42. The molecule has 94 valence electrons. The van der Waals surface area contributed by atoms with Crippen molar-refractivity contribution in [1.29, 1.82) is 0 Å². The van der Waals surface area contributed by atoms with E-state index in [0.29, 0.717) is 11.1 Å². The normalized spacial score (nSPS) is 11.5. The predicted molar refractivity (Wildman–Crippen MR) is 74.0 cm³/mol. The SMILES string of the molecule is CC(C)(C)Nc1ccc2ccccc2c1[N+](=O)[O-]. The molecule has 0 bridgehead atoms. The van der Waals surface area contributed by atoms with Crippen molar-refractivity contribution in [1.82, 2.24) is 0 Å². The molecule has 0 radical (unpaired) electrons. The van der Waals surface area contributed by atoms with E-state index in [1.165, 1.54) is 0 Å². The number of nitrogens with one attached hydrogen (secondary N) is 1. The van der Waals surface area contributed by atoms with Gasteiger partial charge in [0.1, 0.15) is 5.69 Å². The van der Waals surface area contributed by atoms with E-state index >= 15 is 0 Å². The summed E-state index contributed by atoms with van der Waals surface area (Å²) in [6.45, 7) is 5.93. The molecule has 0 spiro atoms. The molecule has 2 rings (SSSR count). The highest BCUT2D eigenvalue weighted by atomic mass is 16.6. The summed E-state index contributed by atoms with van der Waals surface area (Å²) in [6, 6.07) is 11.0. The quantitative estimate of drug-likeness (QED) is 0.642. The lowest BCUT2D eigenvalue weighted by Crippen LogP contribution is -2.26. The van der Waals surface area contributed by atoms with Crippen LogP contribution in [-0.2, 0) is 0 Å². The van der Waals surface area contributed by atoms with Crippen molar-refractivity contribution in [2.24, 2.45) is 0 Å². The molecule has 0 saturated heterocycles. The number of hydrogen-bond acceptors (Lipinski definition) is 3. The van der Waals surface area contributed by atoms with E-state index < -0.39 is 0 Å². The zero-order valence-corrected chi connectivity index (χ0v) is 10.7. The maximum atomic E-state index is 11.3. The van der Waals surface area contributed by atoms with Crippen LogP contribution in [0.5, 0.6) is 0 Å². The Kier molecular flexibility index (Phi) is 2.95. The van der Waals surface area contributed by atoms with Gasteiger partial charge in [-0.05, 0) is 38.3 Å². The minimum atomic E-state index is -0.323. The number of benzene rings is 2. The lowest BCUT2D eigenvalue weighted by Gasteiger charge is -2.22. The average molecular weight is 244 g/mol. The Labute approximate surface area is 106 Å². The van der Waals surface area contributed by atoms with Crippen LogP contribution in [0.3, 0.4) is 0 Å². The zero-order valence-electron chi connectivity index (χ0n) is 10.7. The van der Waals surface area contributed by atoms with Gasteiger partial charge >= 0.3 is 0 Å². The van der Waals surface area contributed by atoms with E-state index in [2.05, 4.69) is 5.32 Å². The second-order valence-electron chi connectivity index (χ2n) is 5.31. The zero-order chi connectivity index (χ0) is 13.3. The van der Waals surface area contributed by atoms with Gasteiger partial charge < -0.3 is 5.32 Å². The van der Waals surface area contributed by atoms with Crippen LogP contribution in [0.4, 0.5) is 11.4 Å². The number of rotatable bonds is 2. The van der Waals surface area contributed by atoms with E-state index in [1.54, 1.807) is 12.1 Å². The monoisotopic (exact) mass is 244 g/mol. The molecule has 4 heteroatoms. The largest absolute Gasteiger partial charge is 0.375 e. The predicted octanol–water partition coefficient (Wildman–Crippen LogP) is 3.96. The van der Waals surface area contributed by atoms with E-state index in [4.69, 9.17) is 0 Å². The fourth-order valence-electron chi connectivity index (χ4n) is 1.96. The molecule has 1 N–H and O–H groups in total. The Balaban J connectivity index is 2.67. The van der Waals surface area contributed by atoms with Crippen molar-refractivity contribution in [2.75, 3.05) is 5.32 Å². The van der Waals surface area contributed by atoms with Crippen molar-refractivity contribution in [3.8, 4) is 0 Å². The molecule has 0 fully saturated rings. The Morgan fingerprint density at radius 2 is 1.78 bits per heavy atom. The van der Waals surface area contributed by atoms with Crippen LogP contribution in [0.15, 0.2) is 36.4 Å². The molecule has 2 aromatic rings. The number of fused-ring (bicyclic) bond motifs is 1. The first-order chi connectivity index (χ1) is 8.38. The first-order valence-electron chi connectivity index (χ1n) is 5.83. The summed E-state index contributed by atoms with van der Waals surface area (Å²) in [5.41, 5.74) is 0.488. The lowest BCUT2D eigenvalue weighted by molar-refractivity contribution is -0.382. The summed E-state index contributed by atoms with van der Waals surface area (Å²) >= 11 is 0. The smallest absolute Gasteiger partial charge is 0.300 e. The van der Waals surface area contributed by atoms with Gasteiger partial charge in [-0.3, -0.25) is 10.1 Å². The highest BCUT2D eigenvalue weighted by Crippen LogP contribution is 2.34. The molecule has 0 aliphatic heterocycles. The molecule has 4 nitrogen and oxygen atoms in total. The van der Waals surface area contributed by atoms with Gasteiger partial charge in [0.25, 0.3) is 5.69 Å². The van der Waals surface area contributed by atoms with Crippen LogP contribution in [0, 0.1) is 10.1 Å². The maximum Gasteiger partial charge on any atom is 0.300 e. The molecule has 0 aliphatic carbocycles. The van der Waals surface area contributed by atoms with Gasteiger partial charge in [0, 0.05) is 5.54 Å². The summed E-state index contributed by atoms with van der Waals surface area (Å²) in [4.78, 5) is 11.0. The summed E-state index contributed by atoms with van der Waals surface area (Å²) < 4.78 is 0. The molecule has 18 heavy (non-hydrogen) atoms. The van der Waals surface area contributed by atoms with E-state index in [0.717, 1.165) is 5.39 Å². The van der Waals surface area contributed by atoms with Crippen molar-refractivity contribution >= 4 is 22.1 Å². The van der Waals surface area contributed by atoms with Crippen molar-refractivity contribution in [2.45, 2.75) is 26.3 Å². The second kappa shape index (κ2) is 4.29. The number of anilines is 1. The third-order valence-electron chi connectivity index (χ3n) is 2.59. The molecule has 0 aliphatic rings. The van der Waals surface area contributed by atoms with Crippen LogP contribution >= 0.6 is 0 Å². The number of nitro groups is 1. The van der Waals surface area contributed by atoms with E-state index in [-0.39, 0.29) is 16.1 Å². The van der Waals surface area contributed by atoms with E-state index in [1.807, 2.05) is 45.0 Å². The molecule has 0 aromatic heterocycles. The Morgan fingerprint density at radius 3 is 2.39 bits per heavy atom. The first-order valence-corrected chi connectivity index (χ1v) is 5.83. The van der Waals surface area contributed by atoms with Crippen molar-refractivity contribution in [3.63, 3.8) is 0 Å². The lowest BCUT2D eigenvalue weighted by atomic mass is 10.0. The average Bonchev–Trinajstić information content (AvgIpc) is 2.26. The number of nitro benzene ring substituents is 1. The Hall–Kier alpha value is -2.10. The van der Waals surface area contributed by atoms with Gasteiger partial charge in [0.05, 0.1) is 10.3 Å². The molecular formula is C14H16N2O2. The highest BCUT2D eigenvalue weighted by molar-refractivity contribution is 5.96. The molecule has 0 atom stereocenters. The number of nitrogens with zero attached hydrogens (tertiary/aromatic N) is 1. The van der Waals surface area contributed by atoms with Crippen LogP contribution in [0.25, 0.3) is 10.8 Å². The van der Waals surface area contributed by atoms with Gasteiger partial charge in [0.2, 0.25) is 0 Å². The molecule has 0 unspecified atom stereocenters. The fourth-order valence-corrected chi connectivity index (χ4v) is 1.96. The molecule has 0 saturated carbocycles. The summed E-state index contributed by atoms with van der Waals surface area (Å²) in [5, 5.41) is 16.0. The molecule has 0 heterocycles. The summed E-state index contributed by atoms with van der Waals surface area (Å²) in [7, 11) is 0. The second-order valence-corrected chi connectivity index (χ2v) is 5.31. The van der Waals surface area contributed by atoms with E-state index in [9.17, 15) is 10.1 Å². The van der Waals surface area contributed by atoms with Gasteiger partial charge in [-0.2, -0.15) is 0 Å². The topological polar surface area (TPSA) is 55.2 Å². The van der Waals surface area contributed by atoms with Crippen LogP contribution in [0.2, 0.25) is 0 Å².